The van der Waals surface area contributed by atoms with Crippen LogP contribution >= 0.6 is 24.0 Å². The van der Waals surface area contributed by atoms with Crippen LogP contribution in [0.5, 0.6) is 0 Å². The van der Waals surface area contributed by atoms with Crippen LogP contribution in [0.1, 0.15) is 20.8 Å². The van der Waals surface area contributed by atoms with Gasteiger partial charge in [0, 0.05) is 32.8 Å². The van der Waals surface area contributed by atoms with Crippen molar-refractivity contribution in [2.75, 3.05) is 33.4 Å². The molecule has 0 saturated carbocycles. The normalized spacial score (nSPS) is 14.8. The fourth-order valence-electron chi connectivity index (χ4n) is 1.15. The van der Waals surface area contributed by atoms with Crippen LogP contribution in [-0.2, 0) is 4.74 Å². The summed E-state index contributed by atoms with van der Waals surface area (Å²) in [7, 11) is 1.68. The number of guanidine groups is 1. The van der Waals surface area contributed by atoms with Crippen LogP contribution in [0.25, 0.3) is 0 Å². The molecule has 0 fully saturated rings. The van der Waals surface area contributed by atoms with Crippen molar-refractivity contribution >= 4 is 29.9 Å². The second-order valence-corrected chi connectivity index (χ2v) is 4.01. The Balaban J connectivity index is 0. The average molecular weight is 359 g/mol. The first-order valence-electron chi connectivity index (χ1n) is 5.78. The third kappa shape index (κ3) is 10.8. The second kappa shape index (κ2) is 12.4. The smallest absolute Gasteiger partial charge is 0.191 e. The van der Waals surface area contributed by atoms with Crippen LogP contribution in [-0.4, -0.2) is 50.5 Å². The SMILES string of the molecule is CCNC(=NCC(C)CO)NC(C)COC.I. The van der Waals surface area contributed by atoms with E-state index in [-0.39, 0.29) is 42.5 Å². The maximum Gasteiger partial charge on any atom is 0.191 e. The summed E-state index contributed by atoms with van der Waals surface area (Å²) in [6, 6.07) is 0.215. The number of aliphatic hydroxyl groups is 1. The second-order valence-electron chi connectivity index (χ2n) is 4.01. The molecule has 0 aromatic rings. The Morgan fingerprint density at radius 2 is 2.06 bits per heavy atom. The monoisotopic (exact) mass is 359 g/mol. The van der Waals surface area contributed by atoms with Crippen molar-refractivity contribution in [3.8, 4) is 0 Å². The highest BCUT2D eigenvalue weighted by Gasteiger charge is 2.05. The van der Waals surface area contributed by atoms with Crippen LogP contribution in [0.2, 0.25) is 0 Å². The lowest BCUT2D eigenvalue weighted by Gasteiger charge is -2.17. The third-order valence-electron chi connectivity index (χ3n) is 2.02. The maximum absolute atomic E-state index is 8.91. The van der Waals surface area contributed by atoms with Crippen LogP contribution < -0.4 is 10.6 Å². The molecule has 0 rings (SSSR count). The van der Waals surface area contributed by atoms with Gasteiger partial charge in [-0.1, -0.05) is 6.92 Å². The van der Waals surface area contributed by atoms with Crippen LogP contribution in [0, 0.1) is 5.92 Å². The first-order chi connectivity index (χ1) is 7.63. The van der Waals surface area contributed by atoms with Crippen molar-refractivity contribution in [3.63, 3.8) is 0 Å². The quantitative estimate of drug-likeness (QED) is 0.358. The van der Waals surface area contributed by atoms with E-state index in [1.54, 1.807) is 7.11 Å². The molecule has 0 spiro atoms. The van der Waals surface area contributed by atoms with E-state index in [2.05, 4.69) is 15.6 Å². The van der Waals surface area contributed by atoms with Gasteiger partial charge in [0.1, 0.15) is 0 Å². The molecule has 0 aliphatic carbocycles. The first-order valence-corrected chi connectivity index (χ1v) is 5.78. The molecule has 0 heterocycles. The number of aliphatic imine (C=N–C) groups is 1. The summed E-state index contributed by atoms with van der Waals surface area (Å²) in [6.45, 7) is 8.26. The van der Waals surface area contributed by atoms with Gasteiger partial charge in [0.05, 0.1) is 6.61 Å². The lowest BCUT2D eigenvalue weighted by Crippen LogP contribution is -2.44. The molecule has 0 bridgehead atoms. The van der Waals surface area contributed by atoms with Crippen LogP contribution in [0.4, 0.5) is 0 Å². The Kier molecular flexibility index (Phi) is 14.0. The van der Waals surface area contributed by atoms with Crippen molar-refractivity contribution in [1.82, 2.24) is 10.6 Å². The van der Waals surface area contributed by atoms with Gasteiger partial charge in [-0.2, -0.15) is 0 Å². The Hall–Kier alpha value is -0.0800. The number of methoxy groups -OCH3 is 1. The fraction of sp³-hybridized carbons (Fsp3) is 0.909. The predicted octanol–water partition coefficient (Wildman–Crippen LogP) is 0.823. The van der Waals surface area contributed by atoms with Gasteiger partial charge in [-0.25, -0.2) is 0 Å². The molecular formula is C11H26IN3O2. The summed E-state index contributed by atoms with van der Waals surface area (Å²) >= 11 is 0. The Morgan fingerprint density at radius 1 is 1.41 bits per heavy atom. The maximum atomic E-state index is 8.91. The molecule has 104 valence electrons. The van der Waals surface area contributed by atoms with Gasteiger partial charge in [-0.3, -0.25) is 4.99 Å². The van der Waals surface area contributed by atoms with Gasteiger partial charge in [0.2, 0.25) is 0 Å². The molecule has 6 heteroatoms. The summed E-state index contributed by atoms with van der Waals surface area (Å²) in [5, 5.41) is 15.3. The number of nitrogens with one attached hydrogen (secondary N) is 2. The Morgan fingerprint density at radius 3 is 2.53 bits per heavy atom. The molecule has 2 atom stereocenters. The van der Waals surface area contributed by atoms with E-state index in [0.29, 0.717) is 13.2 Å². The standard InChI is InChI=1S/C11H25N3O2.HI/c1-5-12-11(13-6-9(2)7-15)14-10(3)8-16-4;/h9-10,15H,5-8H2,1-4H3,(H2,12,13,14);1H. The molecule has 2 unspecified atom stereocenters. The van der Waals surface area contributed by atoms with Gasteiger partial charge < -0.3 is 20.5 Å². The predicted molar refractivity (Wildman–Crippen MR) is 82.1 cm³/mol. The molecule has 3 N–H and O–H groups in total. The van der Waals surface area contributed by atoms with Crippen molar-refractivity contribution in [1.29, 1.82) is 0 Å². The van der Waals surface area contributed by atoms with Gasteiger partial charge in [-0.15, -0.1) is 24.0 Å². The van der Waals surface area contributed by atoms with E-state index in [9.17, 15) is 0 Å². The van der Waals surface area contributed by atoms with Crippen molar-refractivity contribution in [2.24, 2.45) is 10.9 Å². The van der Waals surface area contributed by atoms with Gasteiger partial charge in [-0.05, 0) is 19.8 Å². The van der Waals surface area contributed by atoms with Crippen LogP contribution in [0.3, 0.4) is 0 Å². The summed E-state index contributed by atoms with van der Waals surface area (Å²) in [5.74, 6) is 0.959. The van der Waals surface area contributed by atoms with Gasteiger partial charge >= 0.3 is 0 Å². The highest BCUT2D eigenvalue weighted by Crippen LogP contribution is 1.93. The highest BCUT2D eigenvalue weighted by atomic mass is 127. The zero-order valence-corrected chi connectivity index (χ0v) is 13.5. The lowest BCUT2D eigenvalue weighted by molar-refractivity contribution is 0.179. The molecule has 0 aliphatic rings. The van der Waals surface area contributed by atoms with Crippen LogP contribution in [0.15, 0.2) is 4.99 Å². The molecule has 0 radical (unpaired) electrons. The van der Waals surface area contributed by atoms with E-state index < -0.39 is 0 Å². The van der Waals surface area contributed by atoms with E-state index >= 15 is 0 Å². The Bertz CT molecular complexity index is 203. The Labute approximate surface area is 121 Å². The third-order valence-corrected chi connectivity index (χ3v) is 2.02. The first kappa shape index (κ1) is 19.3. The topological polar surface area (TPSA) is 65.9 Å². The molecule has 0 amide bonds. The minimum absolute atomic E-state index is 0. The average Bonchev–Trinajstić information content (AvgIpc) is 2.26. The number of rotatable bonds is 7. The van der Waals surface area contributed by atoms with E-state index in [1.165, 1.54) is 0 Å². The largest absolute Gasteiger partial charge is 0.396 e. The summed E-state index contributed by atoms with van der Waals surface area (Å²) in [4.78, 5) is 4.39. The highest BCUT2D eigenvalue weighted by molar-refractivity contribution is 14.0. The number of nitrogens with zero attached hydrogens (tertiary/aromatic N) is 1. The van der Waals surface area contributed by atoms with E-state index in [0.717, 1.165) is 12.5 Å². The zero-order valence-electron chi connectivity index (χ0n) is 11.2. The molecule has 5 nitrogen and oxygen atoms in total. The van der Waals surface area contributed by atoms with Gasteiger partial charge in [0.15, 0.2) is 5.96 Å². The zero-order chi connectivity index (χ0) is 12.4. The summed E-state index contributed by atoms with van der Waals surface area (Å²) < 4.78 is 5.04. The number of ether oxygens (including phenoxy) is 1. The van der Waals surface area contributed by atoms with Crippen molar-refractivity contribution in [3.05, 3.63) is 0 Å². The molecule has 0 saturated heterocycles. The molecule has 17 heavy (non-hydrogen) atoms. The van der Waals surface area contributed by atoms with E-state index in [4.69, 9.17) is 9.84 Å². The number of aliphatic hydroxyl groups excluding tert-OH is 1. The molecule has 0 aromatic heterocycles. The van der Waals surface area contributed by atoms with E-state index in [1.807, 2.05) is 20.8 Å². The summed E-state index contributed by atoms with van der Waals surface area (Å²) in [6.07, 6.45) is 0. The molecule has 0 aromatic carbocycles. The van der Waals surface area contributed by atoms with Crippen molar-refractivity contribution in [2.45, 2.75) is 26.8 Å². The number of hydrogen-bond acceptors (Lipinski definition) is 3. The molecular weight excluding hydrogens is 333 g/mol. The minimum Gasteiger partial charge on any atom is -0.396 e. The molecule has 0 aliphatic heterocycles. The summed E-state index contributed by atoms with van der Waals surface area (Å²) in [5.41, 5.74) is 0. The van der Waals surface area contributed by atoms with Gasteiger partial charge in [0.25, 0.3) is 0 Å². The minimum atomic E-state index is 0. The number of halogens is 1. The number of hydrogen-bond donors (Lipinski definition) is 3. The van der Waals surface area contributed by atoms with Crippen molar-refractivity contribution < 1.29 is 9.84 Å². The fourth-order valence-corrected chi connectivity index (χ4v) is 1.15. The lowest BCUT2D eigenvalue weighted by atomic mass is 10.2.